The standard InChI is InChI=1S/C17H12ClF3N4O3/c18-11-4-1-9(2-5-11)15(27)23-13(8-26)16-24-14(25-28-16)12-6-3-10(7-22-12)17(19,20)21/h1-7,13,26H,8H2,(H,23,27). The van der Waals surface area contributed by atoms with Crippen molar-refractivity contribution in [1.29, 1.82) is 0 Å². The molecule has 11 heteroatoms. The number of pyridine rings is 1. The molecule has 1 unspecified atom stereocenters. The molecule has 28 heavy (non-hydrogen) atoms. The van der Waals surface area contributed by atoms with Crippen molar-refractivity contribution in [3.63, 3.8) is 0 Å². The summed E-state index contributed by atoms with van der Waals surface area (Å²) in [5.41, 5.74) is -0.570. The summed E-state index contributed by atoms with van der Waals surface area (Å²) >= 11 is 5.77. The third kappa shape index (κ3) is 4.46. The van der Waals surface area contributed by atoms with Gasteiger partial charge in [0.05, 0.1) is 12.2 Å². The lowest BCUT2D eigenvalue weighted by molar-refractivity contribution is -0.137. The summed E-state index contributed by atoms with van der Waals surface area (Å²) in [5.74, 6) is -0.715. The number of nitrogens with one attached hydrogen (secondary N) is 1. The molecule has 2 N–H and O–H groups in total. The van der Waals surface area contributed by atoms with Crippen LogP contribution in [0.15, 0.2) is 47.1 Å². The van der Waals surface area contributed by atoms with E-state index in [2.05, 4.69) is 20.4 Å². The molecular formula is C17H12ClF3N4O3. The average molecular weight is 413 g/mol. The number of aliphatic hydroxyl groups is 1. The monoisotopic (exact) mass is 412 g/mol. The van der Waals surface area contributed by atoms with E-state index >= 15 is 0 Å². The van der Waals surface area contributed by atoms with Crippen LogP contribution in [0.1, 0.15) is 27.9 Å². The molecule has 0 spiro atoms. The Balaban J connectivity index is 1.75. The van der Waals surface area contributed by atoms with Crippen LogP contribution in [0.5, 0.6) is 0 Å². The van der Waals surface area contributed by atoms with E-state index < -0.39 is 30.3 Å². The van der Waals surface area contributed by atoms with Crippen LogP contribution >= 0.6 is 11.6 Å². The zero-order chi connectivity index (χ0) is 20.3. The molecular weight excluding hydrogens is 401 g/mol. The van der Waals surface area contributed by atoms with Gasteiger partial charge >= 0.3 is 6.18 Å². The lowest BCUT2D eigenvalue weighted by Crippen LogP contribution is -2.31. The van der Waals surface area contributed by atoms with Gasteiger partial charge in [-0.1, -0.05) is 16.8 Å². The first kappa shape index (κ1) is 19.8. The van der Waals surface area contributed by atoms with Gasteiger partial charge in [-0.15, -0.1) is 0 Å². The number of alkyl halides is 3. The third-order valence-electron chi connectivity index (χ3n) is 3.65. The fraction of sp³-hybridized carbons (Fsp3) is 0.176. The number of aromatic nitrogens is 3. The van der Waals surface area contributed by atoms with Crippen LogP contribution in [0.3, 0.4) is 0 Å². The highest BCUT2D eigenvalue weighted by atomic mass is 35.5. The molecule has 7 nitrogen and oxygen atoms in total. The van der Waals surface area contributed by atoms with Gasteiger partial charge in [0.25, 0.3) is 11.8 Å². The first-order chi connectivity index (χ1) is 13.3. The molecule has 0 aliphatic rings. The summed E-state index contributed by atoms with van der Waals surface area (Å²) in [6.07, 6.45) is -3.86. The minimum absolute atomic E-state index is 0.0451. The van der Waals surface area contributed by atoms with Crippen molar-refractivity contribution in [3.05, 3.63) is 64.6 Å². The molecule has 2 aromatic heterocycles. The number of nitrogens with zero attached hydrogens (tertiary/aromatic N) is 3. The second-order valence-corrected chi connectivity index (χ2v) is 6.04. The SMILES string of the molecule is O=C(NC(CO)c1nc(-c2ccc(C(F)(F)F)cn2)no1)c1ccc(Cl)cc1. The van der Waals surface area contributed by atoms with Gasteiger partial charge in [-0.3, -0.25) is 9.78 Å². The van der Waals surface area contributed by atoms with E-state index in [1.54, 1.807) is 0 Å². The Kier molecular flexibility index (Phi) is 5.61. The van der Waals surface area contributed by atoms with Crippen LogP contribution < -0.4 is 5.32 Å². The molecule has 3 aromatic rings. The van der Waals surface area contributed by atoms with Gasteiger partial charge in [-0.25, -0.2) is 0 Å². The number of aliphatic hydroxyl groups excluding tert-OH is 1. The van der Waals surface area contributed by atoms with Crippen molar-refractivity contribution in [1.82, 2.24) is 20.4 Å². The highest BCUT2D eigenvalue weighted by molar-refractivity contribution is 6.30. The molecule has 3 rings (SSSR count). The fourth-order valence-electron chi connectivity index (χ4n) is 2.20. The summed E-state index contributed by atoms with van der Waals surface area (Å²) in [6, 6.07) is 6.98. The number of benzene rings is 1. The van der Waals surface area contributed by atoms with Gasteiger partial charge in [0.15, 0.2) is 0 Å². The van der Waals surface area contributed by atoms with Gasteiger partial charge in [-0.05, 0) is 36.4 Å². The van der Waals surface area contributed by atoms with Crippen LogP contribution in [0.25, 0.3) is 11.5 Å². The maximum atomic E-state index is 12.6. The maximum absolute atomic E-state index is 12.6. The Morgan fingerprint density at radius 1 is 1.21 bits per heavy atom. The number of amides is 1. The van der Waals surface area contributed by atoms with E-state index in [9.17, 15) is 23.1 Å². The number of halogens is 4. The highest BCUT2D eigenvalue weighted by Gasteiger charge is 2.31. The van der Waals surface area contributed by atoms with E-state index in [0.29, 0.717) is 16.8 Å². The van der Waals surface area contributed by atoms with E-state index in [-0.39, 0.29) is 17.4 Å². The predicted molar refractivity (Wildman–Crippen MR) is 91.3 cm³/mol. The normalized spacial score (nSPS) is 12.6. The van der Waals surface area contributed by atoms with Gasteiger partial charge in [0, 0.05) is 16.8 Å². The number of carbonyl (C=O) groups is 1. The summed E-state index contributed by atoms with van der Waals surface area (Å²) in [5, 5.41) is 16.1. The molecule has 0 fully saturated rings. The summed E-state index contributed by atoms with van der Waals surface area (Å²) in [7, 11) is 0. The average Bonchev–Trinajstić information content (AvgIpc) is 3.16. The second-order valence-electron chi connectivity index (χ2n) is 5.60. The van der Waals surface area contributed by atoms with Gasteiger partial charge in [-0.2, -0.15) is 18.2 Å². The van der Waals surface area contributed by atoms with Crippen molar-refractivity contribution in [3.8, 4) is 11.5 Å². The third-order valence-corrected chi connectivity index (χ3v) is 3.91. The lowest BCUT2D eigenvalue weighted by Gasteiger charge is -2.12. The molecule has 1 aromatic carbocycles. The molecule has 1 amide bonds. The van der Waals surface area contributed by atoms with Crippen LogP contribution in [-0.4, -0.2) is 32.7 Å². The van der Waals surface area contributed by atoms with E-state index in [4.69, 9.17) is 16.1 Å². The number of hydrogen-bond donors (Lipinski definition) is 2. The Morgan fingerprint density at radius 2 is 1.93 bits per heavy atom. The van der Waals surface area contributed by atoms with Gasteiger partial charge in [0.1, 0.15) is 11.7 Å². The molecule has 146 valence electrons. The van der Waals surface area contributed by atoms with Crippen LogP contribution in [0.4, 0.5) is 13.2 Å². The van der Waals surface area contributed by atoms with Crippen molar-refractivity contribution < 1.29 is 27.6 Å². The first-order valence-corrected chi connectivity index (χ1v) is 8.20. The second kappa shape index (κ2) is 7.95. The highest BCUT2D eigenvalue weighted by Crippen LogP contribution is 2.29. The lowest BCUT2D eigenvalue weighted by atomic mass is 10.2. The van der Waals surface area contributed by atoms with E-state index in [0.717, 1.165) is 12.1 Å². The minimum atomic E-state index is -4.51. The van der Waals surface area contributed by atoms with Crippen LogP contribution in [-0.2, 0) is 6.18 Å². The molecule has 0 aliphatic heterocycles. The summed E-state index contributed by atoms with van der Waals surface area (Å²) in [6.45, 7) is -0.540. The maximum Gasteiger partial charge on any atom is 0.417 e. The van der Waals surface area contributed by atoms with E-state index in [1.165, 1.54) is 24.3 Å². The molecule has 0 aliphatic carbocycles. The van der Waals surface area contributed by atoms with Crippen molar-refractivity contribution >= 4 is 17.5 Å². The largest absolute Gasteiger partial charge is 0.417 e. The van der Waals surface area contributed by atoms with Crippen molar-refractivity contribution in [2.45, 2.75) is 12.2 Å². The molecule has 0 bridgehead atoms. The number of carbonyl (C=O) groups excluding carboxylic acids is 1. The zero-order valence-corrected chi connectivity index (χ0v) is 14.7. The molecule has 1 atom stereocenters. The minimum Gasteiger partial charge on any atom is -0.394 e. The van der Waals surface area contributed by atoms with Gasteiger partial charge < -0.3 is 14.9 Å². The first-order valence-electron chi connectivity index (χ1n) is 7.82. The molecule has 0 radical (unpaired) electrons. The number of rotatable bonds is 5. The summed E-state index contributed by atoms with van der Waals surface area (Å²) < 4.78 is 42.8. The predicted octanol–water partition coefficient (Wildman–Crippen LogP) is 3.27. The Labute approximate surface area is 161 Å². The van der Waals surface area contributed by atoms with Crippen LogP contribution in [0.2, 0.25) is 5.02 Å². The Morgan fingerprint density at radius 3 is 2.50 bits per heavy atom. The fourth-order valence-corrected chi connectivity index (χ4v) is 2.33. The van der Waals surface area contributed by atoms with Crippen LogP contribution in [0, 0.1) is 0 Å². The molecule has 0 saturated heterocycles. The quantitative estimate of drug-likeness (QED) is 0.667. The Bertz CT molecular complexity index is 959. The molecule has 0 saturated carbocycles. The van der Waals surface area contributed by atoms with Crippen molar-refractivity contribution in [2.75, 3.05) is 6.61 Å². The molecule has 2 heterocycles. The number of hydrogen-bond acceptors (Lipinski definition) is 6. The summed E-state index contributed by atoms with van der Waals surface area (Å²) in [4.78, 5) is 19.9. The van der Waals surface area contributed by atoms with Gasteiger partial charge in [0.2, 0.25) is 5.82 Å². The smallest absolute Gasteiger partial charge is 0.394 e. The Hall–Kier alpha value is -2.98. The topological polar surface area (TPSA) is 101 Å². The zero-order valence-electron chi connectivity index (χ0n) is 13.9. The van der Waals surface area contributed by atoms with E-state index in [1.807, 2.05) is 0 Å². The van der Waals surface area contributed by atoms with Crippen molar-refractivity contribution in [2.24, 2.45) is 0 Å².